The molecule has 1 amide bonds. The molecule has 0 saturated heterocycles. The predicted octanol–water partition coefficient (Wildman–Crippen LogP) is 2.67. The number of pyridine rings is 5. The van der Waals surface area contributed by atoms with Crippen molar-refractivity contribution in [3.8, 4) is 51.8 Å². The molecule has 0 aromatic carbocycles. The molecule has 27 nitrogen and oxygen atoms in total. The SMILES string of the molecule is C.CO.Cn1cc(-c2nc(C(=O)NCc3cccc(N)n3)c(N)nc2-c2ncco2)ccc1=O.Cn1cc(-c2nc(C(=O)O)c(N)nc2-c2ncco2)ccc1=O.N#Cc1cccc(N)n1.NCc1cccc(N)n1. The van der Waals surface area contributed by atoms with Crippen molar-refractivity contribution in [3.63, 3.8) is 0 Å². The molecule has 9 rings (SSSR count). The van der Waals surface area contributed by atoms with Crippen LogP contribution in [0.5, 0.6) is 0 Å². The zero-order valence-electron chi connectivity index (χ0n) is 39.6. The molecule has 9 aromatic rings. The van der Waals surface area contributed by atoms with Crippen LogP contribution >= 0.6 is 0 Å². The number of aliphatic hydroxyl groups excluding tert-OH is 1. The van der Waals surface area contributed by atoms with Gasteiger partial charge in [-0.05, 0) is 48.5 Å². The smallest absolute Gasteiger partial charge is 0.358 e. The summed E-state index contributed by atoms with van der Waals surface area (Å²) in [4.78, 5) is 84.1. The van der Waals surface area contributed by atoms with Gasteiger partial charge in [0.1, 0.15) is 53.1 Å². The number of nitrogen functional groups attached to an aromatic ring is 5. The molecule has 75 heavy (non-hydrogen) atoms. The van der Waals surface area contributed by atoms with Gasteiger partial charge in [-0.15, -0.1) is 0 Å². The van der Waals surface area contributed by atoms with Crippen molar-refractivity contribution in [1.82, 2.24) is 59.3 Å². The summed E-state index contributed by atoms with van der Waals surface area (Å²) in [5.74, 6) is -0.618. The second-order valence-corrected chi connectivity index (χ2v) is 14.6. The molecule has 9 heterocycles. The van der Waals surface area contributed by atoms with E-state index in [2.05, 4.69) is 50.2 Å². The summed E-state index contributed by atoms with van der Waals surface area (Å²) in [7, 11) is 4.17. The second-order valence-electron chi connectivity index (χ2n) is 14.6. The number of rotatable bonds is 9. The van der Waals surface area contributed by atoms with E-state index < -0.39 is 11.9 Å². The average Bonchev–Trinajstić information content (AvgIpc) is 4.15. The Balaban J connectivity index is 0.000000240. The Morgan fingerprint density at radius 3 is 1.48 bits per heavy atom. The minimum absolute atomic E-state index is 0. The van der Waals surface area contributed by atoms with Gasteiger partial charge in [0, 0.05) is 63.4 Å². The van der Waals surface area contributed by atoms with E-state index in [1.165, 1.54) is 58.5 Å². The van der Waals surface area contributed by atoms with Crippen LogP contribution in [0.15, 0.2) is 135 Å². The van der Waals surface area contributed by atoms with Crippen LogP contribution in [-0.4, -0.2) is 83.2 Å². The lowest BCUT2D eigenvalue weighted by atomic mass is 10.1. The third kappa shape index (κ3) is 15.4. The van der Waals surface area contributed by atoms with E-state index in [0.717, 1.165) is 12.8 Å². The lowest BCUT2D eigenvalue weighted by Gasteiger charge is -2.12. The third-order valence-corrected chi connectivity index (χ3v) is 9.43. The van der Waals surface area contributed by atoms with Gasteiger partial charge in [0.25, 0.3) is 5.91 Å². The molecule has 0 radical (unpaired) electrons. The first kappa shape index (κ1) is 56.9. The summed E-state index contributed by atoms with van der Waals surface area (Å²) in [6.07, 6.45) is 8.70. The fourth-order valence-corrected chi connectivity index (χ4v) is 6.05. The first-order valence-corrected chi connectivity index (χ1v) is 21.3. The highest BCUT2D eigenvalue weighted by Gasteiger charge is 2.24. The number of nitrogens with two attached hydrogens (primary N) is 6. The van der Waals surface area contributed by atoms with Crippen molar-refractivity contribution < 1.29 is 28.6 Å². The second kappa shape index (κ2) is 27.0. The Hall–Kier alpha value is -10.7. The Bertz CT molecular complexity index is 3520. The van der Waals surface area contributed by atoms with Crippen LogP contribution in [-0.2, 0) is 27.2 Å². The molecule has 0 unspecified atom stereocenters. The standard InChI is InChI=1S/C20H18N8O3.C14H11N5O4.C6H9N3.C6H5N3.CH4O.CH4/c1-28-10-11(5-6-14(28)29)15-16(20-23-7-8-31-20)27-18(22)17(26-15)19(30)24-9-12-3-2-4-13(21)25-12;1-19-6-7(2-3-8(19)20)9-10(13-16-4-5-23-13)18-12(15)11(17-9)14(21)22;2*7-4-5-2-1-3-6(8)9-5;1-2;/h2-8,10H,9H2,1H3,(H2,21,25)(H2,22,27)(H,24,30);2-6H,1H3,(H2,15,18)(H,21,22);1-3H,4,7H2,(H2,8,9);1-3H,(H2,8,9);2H,1H3;1H4. The van der Waals surface area contributed by atoms with Crippen molar-refractivity contribution in [1.29, 1.82) is 5.26 Å². The number of oxazole rings is 2. The number of carboxylic acid groups (broad SMARTS) is 1. The normalized spacial score (nSPS) is 9.92. The van der Waals surface area contributed by atoms with Crippen molar-refractivity contribution >= 4 is 41.0 Å². The molecule has 0 bridgehead atoms. The van der Waals surface area contributed by atoms with Crippen LogP contribution in [0.4, 0.5) is 29.1 Å². The van der Waals surface area contributed by atoms with Crippen LogP contribution < -0.4 is 50.8 Å². The Kier molecular flexibility index (Phi) is 20.5. The molecule has 0 spiro atoms. The number of carboxylic acids is 1. The largest absolute Gasteiger partial charge is 0.476 e. The summed E-state index contributed by atoms with van der Waals surface area (Å²) in [5.41, 5.74) is 36.1. The number of anilines is 5. The van der Waals surface area contributed by atoms with Crippen molar-refractivity contribution in [3.05, 3.63) is 165 Å². The van der Waals surface area contributed by atoms with Crippen molar-refractivity contribution in [2.75, 3.05) is 35.8 Å². The highest BCUT2D eigenvalue weighted by molar-refractivity contribution is 5.97. The van der Waals surface area contributed by atoms with Crippen LogP contribution in [0.3, 0.4) is 0 Å². The summed E-state index contributed by atoms with van der Waals surface area (Å²) in [5, 5.41) is 27.2. The maximum atomic E-state index is 12.8. The Morgan fingerprint density at radius 1 is 0.627 bits per heavy atom. The fourth-order valence-electron chi connectivity index (χ4n) is 6.05. The number of aromatic carboxylic acids is 1. The molecular weight excluding hydrogens is 971 g/mol. The molecule has 27 heteroatoms. The van der Waals surface area contributed by atoms with Gasteiger partial charge >= 0.3 is 5.97 Å². The van der Waals surface area contributed by atoms with E-state index in [1.54, 1.807) is 68.8 Å². The zero-order chi connectivity index (χ0) is 53.9. The van der Waals surface area contributed by atoms with Crippen LogP contribution in [0, 0.1) is 11.3 Å². The predicted molar refractivity (Wildman–Crippen MR) is 277 cm³/mol. The van der Waals surface area contributed by atoms with Crippen LogP contribution in [0.1, 0.15) is 45.5 Å². The van der Waals surface area contributed by atoms with E-state index >= 15 is 0 Å². The summed E-state index contributed by atoms with van der Waals surface area (Å²) in [6, 6.07) is 23.2. The van der Waals surface area contributed by atoms with Gasteiger partial charge in [-0.25, -0.2) is 49.7 Å². The molecule has 0 aliphatic rings. The average molecular weight is 1020 g/mol. The van der Waals surface area contributed by atoms with Gasteiger partial charge in [0.05, 0.1) is 30.3 Å². The molecule has 0 aliphatic heterocycles. The maximum Gasteiger partial charge on any atom is 0.358 e. The summed E-state index contributed by atoms with van der Waals surface area (Å²) < 4.78 is 13.3. The number of nitrogens with one attached hydrogen (secondary N) is 1. The molecule has 386 valence electrons. The molecule has 0 aliphatic carbocycles. The lowest BCUT2D eigenvalue weighted by Crippen LogP contribution is -2.26. The number of aryl methyl sites for hydroxylation is 2. The monoisotopic (exact) mass is 1020 g/mol. The molecule has 15 N–H and O–H groups in total. The minimum atomic E-state index is -1.31. The number of aromatic nitrogens is 11. The van der Waals surface area contributed by atoms with Gasteiger partial charge in [-0.1, -0.05) is 25.6 Å². The van der Waals surface area contributed by atoms with E-state index in [-0.39, 0.29) is 77.0 Å². The first-order chi connectivity index (χ1) is 35.5. The quantitative estimate of drug-likeness (QED) is 0.100. The van der Waals surface area contributed by atoms with Gasteiger partial charge in [0.2, 0.25) is 22.9 Å². The number of carbonyl (C=O) groups excluding carboxylic acids is 1. The lowest BCUT2D eigenvalue weighted by molar-refractivity contribution is 0.0691. The zero-order valence-corrected chi connectivity index (χ0v) is 39.6. The van der Waals surface area contributed by atoms with Gasteiger partial charge in [-0.2, -0.15) is 5.26 Å². The number of aliphatic hydroxyl groups is 1. The topological polar surface area (TPSA) is 453 Å². The Labute approximate surface area is 426 Å². The van der Waals surface area contributed by atoms with Crippen LogP contribution in [0.25, 0.3) is 45.7 Å². The number of carbonyl (C=O) groups is 2. The summed E-state index contributed by atoms with van der Waals surface area (Å²) in [6.45, 7) is 0.576. The van der Waals surface area contributed by atoms with Crippen molar-refractivity contribution in [2.45, 2.75) is 20.5 Å². The molecule has 0 fully saturated rings. The number of amides is 1. The van der Waals surface area contributed by atoms with E-state index in [1.807, 2.05) is 18.2 Å². The van der Waals surface area contributed by atoms with E-state index in [9.17, 15) is 24.3 Å². The van der Waals surface area contributed by atoms with E-state index in [0.29, 0.717) is 52.2 Å². The molecule has 0 saturated carbocycles. The molecule has 9 aromatic heterocycles. The minimum Gasteiger partial charge on any atom is -0.476 e. The van der Waals surface area contributed by atoms with Gasteiger partial charge < -0.3 is 67.9 Å². The maximum absolute atomic E-state index is 12.8. The third-order valence-electron chi connectivity index (χ3n) is 9.43. The van der Waals surface area contributed by atoms with Gasteiger partial charge in [-0.3, -0.25) is 14.4 Å². The number of nitrogens with zero attached hydrogens (tertiary/aromatic N) is 12. The highest BCUT2D eigenvalue weighted by Crippen LogP contribution is 2.31. The summed E-state index contributed by atoms with van der Waals surface area (Å²) >= 11 is 0. The molecule has 0 atom stereocenters. The first-order valence-electron chi connectivity index (χ1n) is 21.3. The highest BCUT2D eigenvalue weighted by atomic mass is 16.4. The van der Waals surface area contributed by atoms with Crippen LogP contribution in [0.2, 0.25) is 0 Å². The van der Waals surface area contributed by atoms with E-state index in [4.69, 9.17) is 53.6 Å². The number of hydrogen-bond acceptors (Lipinski definition) is 23. The fraction of sp³-hybridized carbons (Fsp3) is 0.125. The number of hydrogen-bond donors (Lipinski definition) is 9. The van der Waals surface area contributed by atoms with Crippen molar-refractivity contribution in [2.24, 2.45) is 19.8 Å². The molecular formula is C48H51N19O8. The van der Waals surface area contributed by atoms with Gasteiger partial charge in [0.15, 0.2) is 34.4 Å². The Morgan fingerprint density at radius 2 is 1.08 bits per heavy atom. The number of nitriles is 1.